The topological polar surface area (TPSA) is 0 Å². The van der Waals surface area contributed by atoms with E-state index in [1.165, 1.54) is 19.3 Å². The van der Waals surface area contributed by atoms with Gasteiger partial charge in [-0.1, -0.05) is 41.1 Å². The summed E-state index contributed by atoms with van der Waals surface area (Å²) < 4.78 is 0. The average Bonchev–Trinajstić information content (AvgIpc) is 2.52. The Morgan fingerprint density at radius 1 is 1.21 bits per heavy atom. The molecule has 1 heteroatoms. The maximum absolute atomic E-state index is 3.80. The van der Waals surface area contributed by atoms with Crippen LogP contribution in [0.4, 0.5) is 0 Å². The zero-order valence-electron chi connectivity index (χ0n) is 8.46. The highest BCUT2D eigenvalue weighted by molar-refractivity contribution is 9.09. The Bertz CT molecular complexity index is 369. The molecule has 0 fully saturated rings. The summed E-state index contributed by atoms with van der Waals surface area (Å²) in [4.78, 5) is 0.618. The molecule has 3 unspecified atom stereocenters. The van der Waals surface area contributed by atoms with Crippen LogP contribution in [0.3, 0.4) is 0 Å². The second-order valence-electron chi connectivity index (χ2n) is 4.73. The molecule has 14 heavy (non-hydrogen) atoms. The van der Waals surface area contributed by atoms with Gasteiger partial charge in [-0.2, -0.15) is 0 Å². The van der Waals surface area contributed by atoms with Crippen molar-refractivity contribution >= 4 is 15.9 Å². The van der Waals surface area contributed by atoms with Gasteiger partial charge < -0.3 is 0 Å². The first kappa shape index (κ1) is 8.96. The lowest BCUT2D eigenvalue weighted by atomic mass is 9.78. The quantitative estimate of drug-likeness (QED) is 0.595. The molecule has 2 aliphatic carbocycles. The van der Waals surface area contributed by atoms with Gasteiger partial charge in [-0.25, -0.2) is 0 Å². The summed E-state index contributed by atoms with van der Waals surface area (Å²) >= 11 is 3.80. The fourth-order valence-corrected chi connectivity index (χ4v) is 3.99. The molecule has 0 amide bonds. The van der Waals surface area contributed by atoms with Crippen LogP contribution in [0.1, 0.15) is 59.5 Å². The predicted molar refractivity (Wildman–Crippen MR) is 63.1 cm³/mol. The maximum Gasteiger partial charge on any atom is 0.0404 e. The molecule has 0 aliphatic heterocycles. The van der Waals surface area contributed by atoms with Crippen molar-refractivity contribution in [2.24, 2.45) is 0 Å². The van der Waals surface area contributed by atoms with E-state index in [1.807, 2.05) is 0 Å². The zero-order chi connectivity index (χ0) is 9.71. The van der Waals surface area contributed by atoms with Gasteiger partial charge in [0.05, 0.1) is 0 Å². The van der Waals surface area contributed by atoms with E-state index in [4.69, 9.17) is 0 Å². The summed E-state index contributed by atoms with van der Waals surface area (Å²) in [6.07, 6.45) is 4.09. The summed E-state index contributed by atoms with van der Waals surface area (Å²) in [5.74, 6) is 1.63. The fourth-order valence-electron chi connectivity index (χ4n) is 3.14. The molecule has 0 bridgehead atoms. The maximum atomic E-state index is 3.80. The van der Waals surface area contributed by atoms with Crippen molar-refractivity contribution in [1.82, 2.24) is 0 Å². The Kier molecular flexibility index (Phi) is 1.98. The van der Waals surface area contributed by atoms with Crippen molar-refractivity contribution in [3.63, 3.8) is 0 Å². The van der Waals surface area contributed by atoms with Crippen LogP contribution in [-0.2, 0) is 0 Å². The van der Waals surface area contributed by atoms with Gasteiger partial charge in [-0.3, -0.25) is 0 Å². The molecule has 0 N–H and O–H groups in total. The molecule has 0 heterocycles. The summed E-state index contributed by atoms with van der Waals surface area (Å²) in [7, 11) is 0. The lowest BCUT2D eigenvalue weighted by Gasteiger charge is -2.26. The van der Waals surface area contributed by atoms with Crippen LogP contribution in [0.15, 0.2) is 18.2 Å². The van der Waals surface area contributed by atoms with Crippen LogP contribution < -0.4 is 0 Å². The highest BCUT2D eigenvalue weighted by Crippen LogP contribution is 2.53. The van der Waals surface area contributed by atoms with Gasteiger partial charge in [0.15, 0.2) is 0 Å². The molecule has 0 spiro atoms. The standard InChI is InChI=1S/C13H15Br/c1-8-5-6-9-7-12(14)11-4-2-3-10(8)13(9)11/h2-4,8-9,12H,5-7H2,1H3. The van der Waals surface area contributed by atoms with Crippen molar-refractivity contribution in [2.75, 3.05) is 0 Å². The van der Waals surface area contributed by atoms with Crippen molar-refractivity contribution in [3.05, 3.63) is 34.9 Å². The minimum Gasteiger partial charge on any atom is -0.0838 e. The minimum atomic E-state index is 0.618. The molecule has 1 aromatic rings. The van der Waals surface area contributed by atoms with E-state index < -0.39 is 0 Å². The van der Waals surface area contributed by atoms with Crippen molar-refractivity contribution in [3.8, 4) is 0 Å². The van der Waals surface area contributed by atoms with E-state index in [-0.39, 0.29) is 0 Å². The first-order valence-corrected chi connectivity index (χ1v) is 6.45. The van der Waals surface area contributed by atoms with Gasteiger partial charge in [0, 0.05) is 4.83 Å². The molecule has 0 aromatic heterocycles. The third kappa shape index (κ3) is 1.11. The van der Waals surface area contributed by atoms with E-state index in [1.54, 1.807) is 16.7 Å². The van der Waals surface area contributed by atoms with Crippen LogP contribution in [0.2, 0.25) is 0 Å². The normalized spacial score (nSPS) is 34.3. The molecule has 74 valence electrons. The van der Waals surface area contributed by atoms with Gasteiger partial charge in [-0.15, -0.1) is 0 Å². The van der Waals surface area contributed by atoms with Gasteiger partial charge in [0.2, 0.25) is 0 Å². The summed E-state index contributed by atoms with van der Waals surface area (Å²) in [5.41, 5.74) is 4.88. The van der Waals surface area contributed by atoms with E-state index in [0.29, 0.717) is 4.83 Å². The number of rotatable bonds is 0. The molecule has 3 rings (SSSR count). The van der Waals surface area contributed by atoms with Gasteiger partial charge >= 0.3 is 0 Å². The summed E-state index contributed by atoms with van der Waals surface area (Å²) in [6.45, 7) is 2.37. The van der Waals surface area contributed by atoms with E-state index >= 15 is 0 Å². The largest absolute Gasteiger partial charge is 0.0838 e. The average molecular weight is 251 g/mol. The molecule has 0 radical (unpaired) electrons. The van der Waals surface area contributed by atoms with Crippen LogP contribution in [0, 0.1) is 0 Å². The highest BCUT2D eigenvalue weighted by atomic mass is 79.9. The van der Waals surface area contributed by atoms with Gasteiger partial charge in [-0.05, 0) is 47.8 Å². The molecular weight excluding hydrogens is 236 g/mol. The number of hydrogen-bond acceptors (Lipinski definition) is 0. The van der Waals surface area contributed by atoms with Crippen LogP contribution >= 0.6 is 15.9 Å². The molecule has 2 aliphatic rings. The molecule has 3 atom stereocenters. The Labute approximate surface area is 93.8 Å². The predicted octanol–water partition coefficient (Wildman–Crippen LogP) is 4.51. The monoisotopic (exact) mass is 250 g/mol. The molecule has 0 saturated carbocycles. The third-order valence-corrected chi connectivity index (χ3v) is 4.76. The number of benzene rings is 1. The van der Waals surface area contributed by atoms with Crippen LogP contribution in [0.5, 0.6) is 0 Å². The highest BCUT2D eigenvalue weighted by Gasteiger charge is 2.35. The molecule has 1 aromatic carbocycles. The first-order valence-electron chi connectivity index (χ1n) is 5.54. The smallest absolute Gasteiger partial charge is 0.0404 e. The Morgan fingerprint density at radius 2 is 2.00 bits per heavy atom. The SMILES string of the molecule is CC1CCC2CC(Br)c3cccc1c32. The van der Waals surface area contributed by atoms with Crippen molar-refractivity contribution in [1.29, 1.82) is 0 Å². The Balaban J connectivity index is 2.22. The summed E-state index contributed by atoms with van der Waals surface area (Å²) in [5, 5.41) is 0. The number of halogens is 1. The molecule has 0 saturated heterocycles. The van der Waals surface area contributed by atoms with Crippen LogP contribution in [-0.4, -0.2) is 0 Å². The summed E-state index contributed by atoms with van der Waals surface area (Å²) in [6, 6.07) is 6.86. The van der Waals surface area contributed by atoms with Gasteiger partial charge in [0.1, 0.15) is 0 Å². The number of hydrogen-bond donors (Lipinski definition) is 0. The third-order valence-electron chi connectivity index (χ3n) is 3.89. The minimum absolute atomic E-state index is 0.618. The second kappa shape index (κ2) is 3.10. The molecular formula is C13H15Br. The second-order valence-corrected chi connectivity index (χ2v) is 5.83. The van der Waals surface area contributed by atoms with E-state index in [2.05, 4.69) is 41.1 Å². The zero-order valence-corrected chi connectivity index (χ0v) is 10.0. The van der Waals surface area contributed by atoms with Gasteiger partial charge in [0.25, 0.3) is 0 Å². The lowest BCUT2D eigenvalue weighted by molar-refractivity contribution is 0.505. The Hall–Kier alpha value is -0.300. The van der Waals surface area contributed by atoms with E-state index in [0.717, 1.165) is 11.8 Å². The Morgan fingerprint density at radius 3 is 2.86 bits per heavy atom. The fraction of sp³-hybridized carbons (Fsp3) is 0.538. The van der Waals surface area contributed by atoms with E-state index in [9.17, 15) is 0 Å². The van der Waals surface area contributed by atoms with Crippen molar-refractivity contribution < 1.29 is 0 Å². The first-order chi connectivity index (χ1) is 6.77. The molecule has 0 nitrogen and oxygen atoms in total. The van der Waals surface area contributed by atoms with Crippen LogP contribution in [0.25, 0.3) is 0 Å². The lowest BCUT2D eigenvalue weighted by Crippen LogP contribution is -2.09. The van der Waals surface area contributed by atoms with Crippen molar-refractivity contribution in [2.45, 2.75) is 42.8 Å². The number of alkyl halides is 1.